The maximum Gasteiger partial charge on any atom is 0.187 e. The van der Waals surface area contributed by atoms with Gasteiger partial charge in [0.1, 0.15) is 35.8 Å². The number of Topliss-reactive ketones (excluding diaryl/α,β-unsaturated/α-hetero) is 1. The molecule has 1 aliphatic heterocycles. The first-order valence-electron chi connectivity index (χ1n) is 9.95. The maximum atomic E-state index is 13.0. The standard InChI is InChI=1S/C20H30O8/c1-9-6-20(28-17-15(25)14(24)13(23)11(8-21)27-17)7-10(2)19(4-5-19)18(3,26)16(20)12(9)22/h7,9,11,13-17,21,23-26H,4-6,8H2,1-3H3/t9-,11+,13+,14-,15+,16+,17-,18+,20-/m1/s1. The lowest BCUT2D eigenvalue weighted by Crippen LogP contribution is -2.64. The van der Waals surface area contributed by atoms with Gasteiger partial charge in [-0.2, -0.15) is 0 Å². The van der Waals surface area contributed by atoms with E-state index in [1.165, 1.54) is 0 Å². The number of carbonyl (C=O) groups is 1. The molecule has 28 heavy (non-hydrogen) atoms. The third-order valence-corrected chi connectivity index (χ3v) is 7.56. The third kappa shape index (κ3) is 2.52. The number of ketones is 1. The van der Waals surface area contributed by atoms with Crippen LogP contribution in [0.1, 0.15) is 40.0 Å². The number of aliphatic hydroxyl groups is 5. The van der Waals surface area contributed by atoms with Gasteiger partial charge >= 0.3 is 0 Å². The molecule has 4 rings (SSSR count). The van der Waals surface area contributed by atoms with Crippen molar-refractivity contribution in [3.8, 4) is 0 Å². The van der Waals surface area contributed by atoms with Crippen LogP contribution in [0.5, 0.6) is 0 Å². The Kier molecular flexibility index (Phi) is 4.60. The van der Waals surface area contributed by atoms with Crippen molar-refractivity contribution < 1.29 is 39.8 Å². The van der Waals surface area contributed by atoms with E-state index in [9.17, 15) is 30.3 Å². The fourth-order valence-electron chi connectivity index (χ4n) is 5.85. The Morgan fingerprint density at radius 2 is 1.86 bits per heavy atom. The molecule has 0 amide bonds. The predicted octanol–water partition coefficient (Wildman–Crippen LogP) is -0.742. The van der Waals surface area contributed by atoms with Gasteiger partial charge in [-0.15, -0.1) is 0 Å². The highest BCUT2D eigenvalue weighted by molar-refractivity contribution is 5.89. The molecule has 1 spiro atoms. The minimum absolute atomic E-state index is 0.0929. The Hall–Kier alpha value is -0.870. The van der Waals surface area contributed by atoms with Crippen LogP contribution in [0.2, 0.25) is 0 Å². The van der Waals surface area contributed by atoms with Crippen molar-refractivity contribution in [2.75, 3.05) is 6.61 Å². The van der Waals surface area contributed by atoms with Crippen molar-refractivity contribution in [3.05, 3.63) is 11.6 Å². The summed E-state index contributed by atoms with van der Waals surface area (Å²) in [5.74, 6) is -1.27. The van der Waals surface area contributed by atoms with Crippen LogP contribution < -0.4 is 0 Å². The lowest BCUT2D eigenvalue weighted by atomic mass is 9.61. The van der Waals surface area contributed by atoms with Gasteiger partial charge in [0.25, 0.3) is 0 Å². The van der Waals surface area contributed by atoms with Crippen molar-refractivity contribution >= 4 is 5.78 Å². The zero-order valence-corrected chi connectivity index (χ0v) is 16.4. The molecular formula is C20H30O8. The summed E-state index contributed by atoms with van der Waals surface area (Å²) in [4.78, 5) is 13.0. The minimum Gasteiger partial charge on any atom is -0.394 e. The molecule has 4 aliphatic rings. The normalized spacial score (nSPS) is 52.5. The number of rotatable bonds is 3. The van der Waals surface area contributed by atoms with Crippen molar-refractivity contribution in [3.63, 3.8) is 0 Å². The maximum absolute atomic E-state index is 13.0. The van der Waals surface area contributed by atoms with Crippen LogP contribution in [-0.4, -0.2) is 79.8 Å². The number of hydrogen-bond donors (Lipinski definition) is 5. The first kappa shape index (κ1) is 20.4. The van der Waals surface area contributed by atoms with Crippen LogP contribution in [0.3, 0.4) is 0 Å². The molecule has 0 aromatic heterocycles. The van der Waals surface area contributed by atoms with E-state index in [2.05, 4.69) is 0 Å². The van der Waals surface area contributed by atoms with Gasteiger partial charge in [-0.25, -0.2) is 0 Å². The largest absolute Gasteiger partial charge is 0.394 e. The van der Waals surface area contributed by atoms with Gasteiger partial charge in [0.05, 0.1) is 18.1 Å². The van der Waals surface area contributed by atoms with E-state index in [1.807, 2.05) is 13.0 Å². The minimum atomic E-state index is -1.57. The average Bonchev–Trinajstić information content (AvgIpc) is 3.39. The van der Waals surface area contributed by atoms with Gasteiger partial charge in [-0.1, -0.05) is 18.6 Å². The molecule has 8 nitrogen and oxygen atoms in total. The van der Waals surface area contributed by atoms with E-state index < -0.39 is 59.8 Å². The topological polar surface area (TPSA) is 137 Å². The van der Waals surface area contributed by atoms with Crippen molar-refractivity contribution in [2.24, 2.45) is 17.3 Å². The first-order chi connectivity index (χ1) is 13.0. The number of ether oxygens (including phenoxy) is 2. The molecule has 0 aromatic rings. The highest BCUT2D eigenvalue weighted by atomic mass is 16.7. The molecule has 158 valence electrons. The number of fused-ring (bicyclic) bond motifs is 1. The summed E-state index contributed by atoms with van der Waals surface area (Å²) in [6.07, 6.45) is -3.27. The van der Waals surface area contributed by atoms with Crippen LogP contribution in [0.25, 0.3) is 0 Å². The summed E-state index contributed by atoms with van der Waals surface area (Å²) >= 11 is 0. The summed E-state index contributed by atoms with van der Waals surface area (Å²) < 4.78 is 11.7. The van der Waals surface area contributed by atoms with Gasteiger partial charge < -0.3 is 35.0 Å². The highest BCUT2D eigenvalue weighted by Crippen LogP contribution is 2.68. The second kappa shape index (κ2) is 6.31. The number of hydrogen-bond acceptors (Lipinski definition) is 8. The number of aliphatic hydroxyl groups excluding tert-OH is 4. The highest BCUT2D eigenvalue weighted by Gasteiger charge is 2.72. The second-order valence-corrected chi connectivity index (χ2v) is 9.27. The van der Waals surface area contributed by atoms with E-state index in [0.29, 0.717) is 6.42 Å². The summed E-state index contributed by atoms with van der Waals surface area (Å²) in [6.45, 7) is 4.83. The summed E-state index contributed by atoms with van der Waals surface area (Å²) in [5, 5.41) is 51.4. The Labute approximate surface area is 163 Å². The Bertz CT molecular complexity index is 696. The van der Waals surface area contributed by atoms with E-state index in [1.54, 1.807) is 13.8 Å². The lowest BCUT2D eigenvalue weighted by molar-refractivity contribution is -0.330. The predicted molar refractivity (Wildman–Crippen MR) is 95.9 cm³/mol. The molecule has 9 atom stereocenters. The summed E-state index contributed by atoms with van der Waals surface area (Å²) in [5.41, 5.74) is -1.98. The Morgan fingerprint density at radius 3 is 2.43 bits per heavy atom. The van der Waals surface area contributed by atoms with Gasteiger partial charge in [0.15, 0.2) is 6.29 Å². The van der Waals surface area contributed by atoms with Crippen molar-refractivity contribution in [1.29, 1.82) is 0 Å². The fraction of sp³-hybridized carbons (Fsp3) is 0.850. The quantitative estimate of drug-likeness (QED) is 0.392. The molecular weight excluding hydrogens is 368 g/mol. The zero-order valence-electron chi connectivity index (χ0n) is 16.4. The molecule has 1 heterocycles. The molecule has 8 heteroatoms. The molecule has 3 aliphatic carbocycles. The van der Waals surface area contributed by atoms with Gasteiger partial charge in [-0.3, -0.25) is 4.79 Å². The van der Waals surface area contributed by atoms with Gasteiger partial charge in [0, 0.05) is 11.3 Å². The Morgan fingerprint density at radius 1 is 1.21 bits per heavy atom. The molecule has 5 N–H and O–H groups in total. The van der Waals surface area contributed by atoms with Gasteiger partial charge in [0.2, 0.25) is 0 Å². The van der Waals surface area contributed by atoms with Crippen LogP contribution in [0, 0.1) is 17.3 Å². The van der Waals surface area contributed by atoms with Gasteiger partial charge in [-0.05, 0) is 33.1 Å². The molecule has 0 radical (unpaired) electrons. The molecule has 0 bridgehead atoms. The lowest BCUT2D eigenvalue weighted by Gasteiger charge is -2.52. The van der Waals surface area contributed by atoms with Crippen LogP contribution in [0.15, 0.2) is 11.6 Å². The molecule has 2 saturated carbocycles. The fourth-order valence-corrected chi connectivity index (χ4v) is 5.85. The molecule has 3 fully saturated rings. The van der Waals surface area contributed by atoms with Crippen molar-refractivity contribution in [1.82, 2.24) is 0 Å². The third-order valence-electron chi connectivity index (χ3n) is 7.56. The smallest absolute Gasteiger partial charge is 0.187 e. The van der Waals surface area contributed by atoms with E-state index in [4.69, 9.17) is 9.47 Å². The summed E-state index contributed by atoms with van der Waals surface area (Å²) in [6, 6.07) is 0. The zero-order chi connectivity index (χ0) is 20.6. The van der Waals surface area contributed by atoms with E-state index in [-0.39, 0.29) is 11.7 Å². The second-order valence-electron chi connectivity index (χ2n) is 9.27. The number of carbonyl (C=O) groups excluding carboxylic acids is 1. The first-order valence-corrected chi connectivity index (χ1v) is 9.95. The van der Waals surface area contributed by atoms with Crippen LogP contribution >= 0.6 is 0 Å². The summed E-state index contributed by atoms with van der Waals surface area (Å²) in [7, 11) is 0. The van der Waals surface area contributed by atoms with E-state index in [0.717, 1.165) is 18.4 Å². The average molecular weight is 398 g/mol. The van der Waals surface area contributed by atoms with Crippen LogP contribution in [-0.2, 0) is 14.3 Å². The monoisotopic (exact) mass is 398 g/mol. The van der Waals surface area contributed by atoms with Crippen molar-refractivity contribution in [2.45, 2.75) is 81.9 Å². The van der Waals surface area contributed by atoms with E-state index >= 15 is 0 Å². The molecule has 0 unspecified atom stereocenters. The Balaban J connectivity index is 1.73. The van der Waals surface area contributed by atoms with Crippen LogP contribution in [0.4, 0.5) is 0 Å². The molecule has 1 saturated heterocycles. The SMILES string of the molecule is CC1=C[C@]2(O[C@H]3O[C@@H](CO)[C@H](O)[C@@H](O)[C@@H]3O)C[C@@H](C)C(=O)[C@H]2[C@](C)(O)C12CC2. The molecule has 0 aromatic carbocycles.